The van der Waals surface area contributed by atoms with Crippen LogP contribution in [0.25, 0.3) is 0 Å². The fourth-order valence-corrected chi connectivity index (χ4v) is 6.08. The van der Waals surface area contributed by atoms with Crippen LogP contribution in [0.3, 0.4) is 0 Å². The quantitative estimate of drug-likeness (QED) is 0.673. The summed E-state index contributed by atoms with van der Waals surface area (Å²) >= 11 is 3.26. The summed E-state index contributed by atoms with van der Waals surface area (Å²) in [6.45, 7) is 2.08. The van der Waals surface area contributed by atoms with E-state index in [9.17, 15) is 14.4 Å². The zero-order chi connectivity index (χ0) is 20.5. The van der Waals surface area contributed by atoms with Crippen LogP contribution in [-0.4, -0.2) is 11.5 Å². The lowest BCUT2D eigenvalue weighted by atomic mass is 9.78. The Bertz CT molecular complexity index is 1060. The molecule has 4 nitrogen and oxygen atoms in total. The van der Waals surface area contributed by atoms with Crippen LogP contribution < -0.4 is 10.6 Å². The Labute approximate surface area is 177 Å². The van der Waals surface area contributed by atoms with E-state index in [1.165, 1.54) is 12.1 Å². The van der Waals surface area contributed by atoms with Gasteiger partial charge in [-0.2, -0.15) is 5.26 Å². The number of carbonyl (C=O) groups is 1. The van der Waals surface area contributed by atoms with Gasteiger partial charge in [-0.15, -0.1) is 23.1 Å². The average molecular weight is 426 g/mol. The van der Waals surface area contributed by atoms with Gasteiger partial charge in [-0.05, 0) is 54.3 Å². The average Bonchev–Trinajstić information content (AvgIpc) is 3.16. The highest BCUT2D eigenvalue weighted by Crippen LogP contribution is 2.49. The number of nitriles is 1. The van der Waals surface area contributed by atoms with E-state index in [1.54, 1.807) is 40.1 Å². The minimum atomic E-state index is -0.437. The van der Waals surface area contributed by atoms with Crippen LogP contribution in [0.1, 0.15) is 37.0 Å². The van der Waals surface area contributed by atoms with Gasteiger partial charge in [0, 0.05) is 33.2 Å². The van der Waals surface area contributed by atoms with Crippen molar-refractivity contribution < 1.29 is 9.18 Å². The first kappa shape index (κ1) is 19.7. The second-order valence-corrected chi connectivity index (χ2v) is 9.13. The number of thiophene rings is 1. The van der Waals surface area contributed by atoms with Gasteiger partial charge in [0.2, 0.25) is 0 Å². The molecule has 0 saturated carbocycles. The Morgan fingerprint density at radius 2 is 2.07 bits per heavy atom. The lowest BCUT2D eigenvalue weighted by molar-refractivity contribution is -0.116. The number of thioether (sulfide) groups is 1. The second kappa shape index (κ2) is 8.05. The molecule has 148 valence electrons. The summed E-state index contributed by atoms with van der Waals surface area (Å²) in [6.07, 6.45) is 1.89. The lowest BCUT2D eigenvalue weighted by Gasteiger charge is -2.39. The summed E-state index contributed by atoms with van der Waals surface area (Å²) in [6, 6.07) is 10.3. The Kier molecular flexibility index (Phi) is 5.48. The zero-order valence-electron chi connectivity index (χ0n) is 15.9. The predicted octanol–water partition coefficient (Wildman–Crippen LogP) is 5.30. The number of hydrogen-bond donors (Lipinski definition) is 1. The van der Waals surface area contributed by atoms with Crippen molar-refractivity contribution in [3.63, 3.8) is 0 Å². The molecule has 0 saturated heterocycles. The van der Waals surface area contributed by atoms with Gasteiger partial charge < -0.3 is 5.73 Å². The van der Waals surface area contributed by atoms with E-state index in [2.05, 4.69) is 13.0 Å². The third-order valence-electron chi connectivity index (χ3n) is 5.22. The number of nitrogens with zero attached hydrogens (tertiary/aromatic N) is 2. The van der Waals surface area contributed by atoms with Gasteiger partial charge in [0.05, 0.1) is 17.6 Å². The van der Waals surface area contributed by atoms with Crippen molar-refractivity contribution in [1.82, 2.24) is 0 Å². The van der Waals surface area contributed by atoms with E-state index in [-0.39, 0.29) is 11.6 Å². The Balaban J connectivity index is 1.94. The van der Waals surface area contributed by atoms with Gasteiger partial charge in [-0.3, -0.25) is 9.69 Å². The molecule has 1 aliphatic heterocycles. The molecule has 29 heavy (non-hydrogen) atoms. The molecular weight excluding hydrogens is 405 g/mol. The molecule has 1 aromatic carbocycles. The summed E-state index contributed by atoms with van der Waals surface area (Å²) in [5, 5.41) is 12.0. The van der Waals surface area contributed by atoms with Crippen molar-refractivity contribution in [1.29, 1.82) is 5.26 Å². The molecule has 0 unspecified atom stereocenters. The van der Waals surface area contributed by atoms with Gasteiger partial charge in [0.1, 0.15) is 11.6 Å². The highest BCUT2D eigenvalue weighted by Gasteiger charge is 2.41. The van der Waals surface area contributed by atoms with E-state index in [4.69, 9.17) is 5.73 Å². The second-order valence-electron chi connectivity index (χ2n) is 6.87. The molecule has 1 aliphatic carbocycles. The summed E-state index contributed by atoms with van der Waals surface area (Å²) < 4.78 is 13.5. The molecular formula is C22H20FN3OS2. The summed E-state index contributed by atoms with van der Waals surface area (Å²) in [5.41, 5.74) is 9.04. The molecule has 1 atom stereocenters. The van der Waals surface area contributed by atoms with Crippen LogP contribution in [0.15, 0.2) is 63.3 Å². The van der Waals surface area contributed by atoms with Crippen LogP contribution in [-0.2, 0) is 4.79 Å². The lowest BCUT2D eigenvalue weighted by Crippen LogP contribution is -2.38. The number of nitrogens with two attached hydrogens (primary N) is 1. The Morgan fingerprint density at radius 1 is 1.31 bits per heavy atom. The van der Waals surface area contributed by atoms with Crippen molar-refractivity contribution in [3.8, 4) is 6.07 Å². The van der Waals surface area contributed by atoms with E-state index < -0.39 is 5.92 Å². The molecule has 2 aliphatic rings. The Hall–Kier alpha value is -2.56. The maximum Gasteiger partial charge on any atom is 0.161 e. The van der Waals surface area contributed by atoms with Crippen LogP contribution in [0.4, 0.5) is 10.1 Å². The minimum Gasteiger partial charge on any atom is -0.384 e. The number of rotatable bonds is 4. The van der Waals surface area contributed by atoms with Crippen LogP contribution >= 0.6 is 23.1 Å². The van der Waals surface area contributed by atoms with Gasteiger partial charge >= 0.3 is 0 Å². The van der Waals surface area contributed by atoms with Gasteiger partial charge in [-0.1, -0.05) is 6.92 Å². The minimum absolute atomic E-state index is 0.0597. The van der Waals surface area contributed by atoms with E-state index in [1.807, 2.05) is 11.4 Å². The molecule has 0 amide bonds. The topological polar surface area (TPSA) is 70.1 Å². The van der Waals surface area contributed by atoms with Crippen LogP contribution in [0.2, 0.25) is 0 Å². The van der Waals surface area contributed by atoms with E-state index in [0.29, 0.717) is 35.5 Å². The number of ketones is 1. The maximum atomic E-state index is 13.5. The first-order valence-electron chi connectivity index (χ1n) is 9.48. The van der Waals surface area contributed by atoms with Gasteiger partial charge in [0.25, 0.3) is 0 Å². The fraction of sp³-hybridized carbons (Fsp3) is 0.273. The van der Waals surface area contributed by atoms with Gasteiger partial charge in [-0.25, -0.2) is 4.39 Å². The summed E-state index contributed by atoms with van der Waals surface area (Å²) in [7, 11) is 0. The monoisotopic (exact) mass is 425 g/mol. The molecule has 0 bridgehead atoms. The van der Waals surface area contributed by atoms with Crippen molar-refractivity contribution in [2.45, 2.75) is 37.0 Å². The van der Waals surface area contributed by atoms with Crippen molar-refractivity contribution in [3.05, 3.63) is 69.1 Å². The van der Waals surface area contributed by atoms with Crippen molar-refractivity contribution >= 4 is 34.6 Å². The number of carbonyl (C=O) groups excluding carboxylic acids is 1. The largest absolute Gasteiger partial charge is 0.384 e. The fourth-order valence-electron chi connectivity index (χ4n) is 4.03. The number of Topliss-reactive ketones (excluding diaryl/α,β-unsaturated/α-hetero) is 1. The molecule has 2 heterocycles. The normalized spacial score (nSPS) is 19.4. The SMILES string of the molecule is CCSc1ccsc1[C@@H]1C(C#N)=C(N)N(c2ccc(F)cc2)C2=C1C(=O)CCC2. The summed E-state index contributed by atoms with van der Waals surface area (Å²) in [5.74, 6) is 0.496. The first-order chi connectivity index (χ1) is 14.1. The smallest absolute Gasteiger partial charge is 0.161 e. The number of halogens is 1. The van der Waals surface area contributed by atoms with E-state index in [0.717, 1.165) is 27.6 Å². The number of hydrogen-bond acceptors (Lipinski definition) is 6. The molecule has 1 aromatic heterocycles. The summed E-state index contributed by atoms with van der Waals surface area (Å²) in [4.78, 5) is 16.9. The van der Waals surface area contributed by atoms with Gasteiger partial charge in [0.15, 0.2) is 5.78 Å². The number of anilines is 1. The highest BCUT2D eigenvalue weighted by molar-refractivity contribution is 7.99. The Morgan fingerprint density at radius 3 is 2.76 bits per heavy atom. The van der Waals surface area contributed by atoms with Crippen LogP contribution in [0.5, 0.6) is 0 Å². The molecule has 0 spiro atoms. The standard InChI is InChI=1S/C22H20FN3OS2/c1-2-28-18-10-11-29-21(18)19-15(12-24)22(25)26(14-8-6-13(23)7-9-14)16-4-3-5-17(27)20(16)19/h6-11,19H,2-5,25H2,1H3/t19-/m1/s1. The van der Waals surface area contributed by atoms with Crippen molar-refractivity contribution in [2.75, 3.05) is 10.7 Å². The third kappa shape index (κ3) is 3.37. The first-order valence-corrected chi connectivity index (χ1v) is 11.3. The molecule has 0 radical (unpaired) electrons. The molecule has 4 rings (SSSR count). The maximum absolute atomic E-state index is 13.5. The number of allylic oxidation sites excluding steroid dienone is 3. The number of benzene rings is 1. The molecule has 2 N–H and O–H groups in total. The zero-order valence-corrected chi connectivity index (χ0v) is 17.6. The molecule has 0 fully saturated rings. The predicted molar refractivity (Wildman–Crippen MR) is 115 cm³/mol. The van der Waals surface area contributed by atoms with E-state index >= 15 is 0 Å². The van der Waals surface area contributed by atoms with Crippen molar-refractivity contribution in [2.24, 2.45) is 5.73 Å². The van der Waals surface area contributed by atoms with Crippen LogP contribution in [0, 0.1) is 17.1 Å². The third-order valence-corrected chi connectivity index (χ3v) is 7.28. The molecule has 7 heteroatoms. The highest BCUT2D eigenvalue weighted by atomic mass is 32.2. The molecule has 2 aromatic rings.